The second kappa shape index (κ2) is 3.84. The average molecular weight is 237 g/mol. The summed E-state index contributed by atoms with van der Waals surface area (Å²) in [5.41, 5.74) is 2.08. The Morgan fingerprint density at radius 3 is 3.00 bits per heavy atom. The Balaban J connectivity index is 2.16. The second-order valence-corrected chi connectivity index (χ2v) is 3.98. The zero-order chi connectivity index (χ0) is 12.7. The Morgan fingerprint density at radius 1 is 1.44 bits per heavy atom. The molecule has 18 heavy (non-hydrogen) atoms. The van der Waals surface area contributed by atoms with Gasteiger partial charge in [-0.25, -0.2) is 4.68 Å². The van der Waals surface area contributed by atoms with Crippen LogP contribution in [0.5, 0.6) is 0 Å². The number of hydrogen-bond acceptors (Lipinski definition) is 4. The maximum atomic E-state index is 12.3. The molecule has 0 fully saturated rings. The highest BCUT2D eigenvalue weighted by Gasteiger charge is 2.18. The third kappa shape index (κ3) is 1.54. The molecular weight excluding hydrogens is 229 g/mol. The van der Waals surface area contributed by atoms with Crippen molar-refractivity contribution in [1.29, 1.82) is 0 Å². The predicted molar refractivity (Wildman–Crippen MR) is 66.0 cm³/mol. The average Bonchev–Trinajstić information content (AvgIpc) is 2.94. The number of hydrogen-bond donors (Lipinski definition) is 0. The maximum absolute atomic E-state index is 12.3. The molecule has 0 saturated carbocycles. The molecule has 0 spiro atoms. The normalized spacial score (nSPS) is 10.9. The lowest BCUT2D eigenvalue weighted by atomic mass is 9.94. The van der Waals surface area contributed by atoms with Crippen LogP contribution in [0.1, 0.15) is 16.1 Å². The summed E-state index contributed by atoms with van der Waals surface area (Å²) in [6.45, 7) is 0. The van der Waals surface area contributed by atoms with Gasteiger partial charge >= 0.3 is 0 Å². The Labute approximate surface area is 104 Å². The predicted octanol–water partition coefficient (Wildman–Crippen LogP) is 0.586. The highest BCUT2D eigenvalue weighted by atomic mass is 16.3. The maximum Gasteiger partial charge on any atom is 0.216 e. The summed E-state index contributed by atoms with van der Waals surface area (Å²) in [7, 11) is 7.33. The van der Waals surface area contributed by atoms with Crippen LogP contribution in [0.3, 0.4) is 0 Å². The van der Waals surface area contributed by atoms with E-state index >= 15 is 0 Å². The number of nitrogens with zero attached hydrogens (tertiary/aromatic N) is 3. The van der Waals surface area contributed by atoms with Gasteiger partial charge in [0.05, 0.1) is 11.8 Å². The van der Waals surface area contributed by atoms with Gasteiger partial charge in [-0.2, -0.15) is 0 Å². The quantitative estimate of drug-likeness (QED) is 0.483. The molecule has 3 aromatic rings. The molecule has 0 aliphatic heterocycles. The van der Waals surface area contributed by atoms with Gasteiger partial charge in [0.15, 0.2) is 0 Å². The van der Waals surface area contributed by atoms with Crippen molar-refractivity contribution in [2.24, 2.45) is 7.05 Å². The Kier molecular flexibility index (Phi) is 2.29. The Hall–Kier alpha value is -2.37. The first-order chi connectivity index (χ1) is 8.66. The van der Waals surface area contributed by atoms with Gasteiger partial charge in [0.2, 0.25) is 5.78 Å². The van der Waals surface area contributed by atoms with Crippen LogP contribution in [-0.2, 0) is 7.05 Å². The Morgan fingerprint density at radius 2 is 2.28 bits per heavy atom. The van der Waals surface area contributed by atoms with Crippen LogP contribution in [0.2, 0.25) is 0 Å². The van der Waals surface area contributed by atoms with Gasteiger partial charge < -0.3 is 4.42 Å². The first-order valence-corrected chi connectivity index (χ1v) is 5.33. The van der Waals surface area contributed by atoms with Gasteiger partial charge in [-0.15, -0.1) is 5.10 Å². The third-order valence-electron chi connectivity index (χ3n) is 2.79. The van der Waals surface area contributed by atoms with E-state index in [4.69, 9.17) is 12.3 Å². The van der Waals surface area contributed by atoms with E-state index in [1.807, 2.05) is 0 Å². The highest BCUT2D eigenvalue weighted by molar-refractivity contribution is 6.33. The van der Waals surface area contributed by atoms with E-state index in [-0.39, 0.29) is 5.78 Å². The molecule has 6 heteroatoms. The van der Waals surface area contributed by atoms with Crippen LogP contribution >= 0.6 is 0 Å². The van der Waals surface area contributed by atoms with Gasteiger partial charge in [0, 0.05) is 12.4 Å². The van der Waals surface area contributed by atoms with Crippen molar-refractivity contribution >= 4 is 30.1 Å². The first-order valence-electron chi connectivity index (χ1n) is 5.33. The van der Waals surface area contributed by atoms with E-state index in [0.717, 1.165) is 5.39 Å². The minimum absolute atomic E-state index is 0.175. The fourth-order valence-electron chi connectivity index (χ4n) is 1.85. The number of benzene rings is 1. The Bertz CT molecular complexity index is 745. The van der Waals surface area contributed by atoms with E-state index in [9.17, 15) is 4.79 Å². The van der Waals surface area contributed by atoms with Gasteiger partial charge in [-0.05, 0) is 6.07 Å². The van der Waals surface area contributed by atoms with Crippen LogP contribution in [-0.4, -0.2) is 28.6 Å². The summed E-state index contributed by atoms with van der Waals surface area (Å²) in [5.74, 6) is -0.175. The zero-order valence-electron chi connectivity index (χ0n) is 9.62. The fourth-order valence-corrected chi connectivity index (χ4v) is 1.85. The van der Waals surface area contributed by atoms with Crippen LogP contribution < -0.4 is 5.46 Å². The molecule has 0 atom stereocenters. The number of fused-ring (bicyclic) bond motifs is 1. The number of furan rings is 1. The summed E-state index contributed by atoms with van der Waals surface area (Å²) in [5, 5.41) is 8.16. The van der Waals surface area contributed by atoms with Crippen molar-refractivity contribution in [3.05, 3.63) is 41.9 Å². The fraction of sp³-hybridized carbons (Fsp3) is 0.0833. The van der Waals surface area contributed by atoms with Crippen LogP contribution in [0.25, 0.3) is 11.0 Å². The molecule has 1 aromatic carbocycles. The van der Waals surface area contributed by atoms with E-state index in [0.29, 0.717) is 22.3 Å². The molecule has 2 heterocycles. The van der Waals surface area contributed by atoms with E-state index in [2.05, 4.69) is 10.3 Å². The molecule has 0 aliphatic rings. The minimum atomic E-state index is -0.175. The van der Waals surface area contributed by atoms with Crippen molar-refractivity contribution in [2.75, 3.05) is 0 Å². The molecule has 3 rings (SSSR count). The van der Waals surface area contributed by atoms with Crippen LogP contribution in [0, 0.1) is 0 Å². The molecule has 0 amide bonds. The lowest BCUT2D eigenvalue weighted by molar-refractivity contribution is 0.103. The topological polar surface area (TPSA) is 60.9 Å². The second-order valence-electron chi connectivity index (χ2n) is 3.98. The van der Waals surface area contributed by atoms with Crippen LogP contribution in [0.4, 0.5) is 0 Å². The van der Waals surface area contributed by atoms with Crippen molar-refractivity contribution in [2.45, 2.75) is 0 Å². The van der Waals surface area contributed by atoms with Gasteiger partial charge in [0.25, 0.3) is 0 Å². The number of aryl methyl sites for hydroxylation is 1. The van der Waals surface area contributed by atoms with Crippen LogP contribution in [0.15, 0.2) is 35.1 Å². The molecule has 2 radical (unpaired) electrons. The van der Waals surface area contributed by atoms with E-state index in [1.54, 1.807) is 25.2 Å². The SMILES string of the molecule is [B]c1ccc2c(C(=O)c3cnnn3C)coc2c1. The first kappa shape index (κ1) is 10.8. The lowest BCUT2D eigenvalue weighted by Gasteiger charge is -1.98. The summed E-state index contributed by atoms with van der Waals surface area (Å²) < 4.78 is 6.77. The van der Waals surface area contributed by atoms with E-state index in [1.165, 1.54) is 17.1 Å². The molecule has 0 bridgehead atoms. The van der Waals surface area contributed by atoms with Crippen molar-refractivity contribution in [3.8, 4) is 0 Å². The smallest absolute Gasteiger partial charge is 0.216 e. The summed E-state index contributed by atoms with van der Waals surface area (Å²) in [4.78, 5) is 12.3. The monoisotopic (exact) mass is 237 g/mol. The lowest BCUT2D eigenvalue weighted by Crippen LogP contribution is -2.08. The molecule has 0 unspecified atom stereocenters. The van der Waals surface area contributed by atoms with E-state index < -0.39 is 0 Å². The van der Waals surface area contributed by atoms with Gasteiger partial charge in [-0.3, -0.25) is 4.79 Å². The van der Waals surface area contributed by atoms with Gasteiger partial charge in [0.1, 0.15) is 25.4 Å². The number of ketones is 1. The molecule has 0 N–H and O–H groups in total. The molecule has 86 valence electrons. The third-order valence-corrected chi connectivity index (χ3v) is 2.79. The number of rotatable bonds is 2. The number of carbonyl (C=O) groups is 1. The van der Waals surface area contributed by atoms with Crippen molar-refractivity contribution in [3.63, 3.8) is 0 Å². The largest absolute Gasteiger partial charge is 0.464 e. The summed E-state index contributed by atoms with van der Waals surface area (Å²) in [6.07, 6.45) is 2.86. The number of aromatic nitrogens is 3. The summed E-state index contributed by atoms with van der Waals surface area (Å²) in [6, 6.07) is 5.19. The van der Waals surface area contributed by atoms with Gasteiger partial charge in [-0.1, -0.05) is 22.8 Å². The number of carbonyl (C=O) groups excluding carboxylic acids is 1. The highest BCUT2D eigenvalue weighted by Crippen LogP contribution is 2.22. The minimum Gasteiger partial charge on any atom is -0.464 e. The molecular formula is C12H8BN3O2. The summed E-state index contributed by atoms with van der Waals surface area (Å²) >= 11 is 0. The zero-order valence-corrected chi connectivity index (χ0v) is 9.62. The molecule has 5 nitrogen and oxygen atoms in total. The molecule has 2 aromatic heterocycles. The molecule has 0 aliphatic carbocycles. The van der Waals surface area contributed by atoms with Crippen molar-refractivity contribution in [1.82, 2.24) is 15.0 Å². The van der Waals surface area contributed by atoms with Crippen molar-refractivity contribution < 1.29 is 9.21 Å². The standard InChI is InChI=1S/C12H8BN3O2/c1-16-10(5-14-15-16)12(17)9-6-18-11-4-7(13)2-3-8(9)11/h2-6H,1H3. The molecule has 0 saturated heterocycles.